The fourth-order valence-corrected chi connectivity index (χ4v) is 2.55. The Kier molecular flexibility index (Phi) is 6.74. The van der Waals surface area contributed by atoms with Gasteiger partial charge in [-0.05, 0) is 18.3 Å². The summed E-state index contributed by atoms with van der Waals surface area (Å²) in [7, 11) is 1.79. The van der Waals surface area contributed by atoms with Crippen LogP contribution in [0.1, 0.15) is 27.2 Å². The van der Waals surface area contributed by atoms with E-state index in [1.54, 1.807) is 0 Å². The Morgan fingerprint density at radius 1 is 1.36 bits per heavy atom. The van der Waals surface area contributed by atoms with Crippen molar-refractivity contribution in [1.82, 2.24) is 0 Å². The van der Waals surface area contributed by atoms with Gasteiger partial charge in [0.2, 0.25) is 9.05 Å². The van der Waals surface area contributed by atoms with Crippen molar-refractivity contribution in [3.05, 3.63) is 0 Å². The molecule has 0 fully saturated rings. The minimum absolute atomic E-state index is 0.00403. The van der Waals surface area contributed by atoms with Crippen molar-refractivity contribution in [2.24, 2.45) is 11.8 Å². The van der Waals surface area contributed by atoms with E-state index < -0.39 is 9.05 Å². The Balaban J connectivity index is 4.04. The summed E-state index contributed by atoms with van der Waals surface area (Å²) in [6.45, 7) is 7.11. The molecule has 0 saturated carbocycles. The minimum Gasteiger partial charge on any atom is -0.381 e. The van der Waals surface area contributed by atoms with Crippen molar-refractivity contribution >= 4 is 19.7 Å². The molecule has 0 heterocycles. The van der Waals surface area contributed by atoms with Crippen LogP contribution in [0.2, 0.25) is 0 Å². The predicted molar refractivity (Wildman–Crippen MR) is 59.1 cm³/mol. The van der Waals surface area contributed by atoms with Crippen LogP contribution in [0.5, 0.6) is 0 Å². The van der Waals surface area contributed by atoms with Crippen molar-refractivity contribution in [2.75, 3.05) is 19.0 Å². The molecule has 0 amide bonds. The van der Waals surface area contributed by atoms with Gasteiger partial charge >= 0.3 is 0 Å². The van der Waals surface area contributed by atoms with Crippen LogP contribution in [-0.4, -0.2) is 27.4 Å². The third kappa shape index (κ3) is 7.59. The molecule has 0 bridgehead atoms. The minimum atomic E-state index is -3.41. The largest absolute Gasteiger partial charge is 0.381 e. The van der Waals surface area contributed by atoms with Crippen LogP contribution in [0.4, 0.5) is 0 Å². The van der Waals surface area contributed by atoms with Crippen LogP contribution in [0, 0.1) is 11.8 Å². The Bertz CT molecular complexity index is 236. The van der Waals surface area contributed by atoms with E-state index in [1.807, 2.05) is 20.8 Å². The lowest BCUT2D eigenvalue weighted by atomic mass is 9.99. The normalized spacial score (nSPS) is 14.6. The van der Waals surface area contributed by atoms with Gasteiger partial charge in [-0.25, -0.2) is 8.42 Å². The molecule has 1 unspecified atom stereocenters. The SMILES string of the molecule is CCCOCC(CS(=O)(=O)Cl)C(C)C. The predicted octanol–water partition coefficient (Wildman–Crippen LogP) is 2.25. The highest BCUT2D eigenvalue weighted by atomic mass is 35.7. The van der Waals surface area contributed by atoms with Crippen LogP contribution in [0.3, 0.4) is 0 Å². The molecule has 0 aromatic carbocycles. The molecule has 0 N–H and O–H groups in total. The van der Waals surface area contributed by atoms with Crippen molar-refractivity contribution in [2.45, 2.75) is 27.2 Å². The maximum atomic E-state index is 10.9. The van der Waals surface area contributed by atoms with Gasteiger partial charge in [-0.3, -0.25) is 0 Å². The van der Waals surface area contributed by atoms with Crippen LogP contribution in [0.25, 0.3) is 0 Å². The molecule has 86 valence electrons. The number of hydrogen-bond acceptors (Lipinski definition) is 3. The fraction of sp³-hybridized carbons (Fsp3) is 1.00. The molecule has 0 aromatic rings. The van der Waals surface area contributed by atoms with E-state index in [1.165, 1.54) is 0 Å². The first-order chi connectivity index (χ1) is 6.37. The summed E-state index contributed by atoms with van der Waals surface area (Å²) in [5.74, 6) is 0.250. The quantitative estimate of drug-likeness (QED) is 0.508. The van der Waals surface area contributed by atoms with Crippen LogP contribution in [-0.2, 0) is 13.8 Å². The second-order valence-electron chi connectivity index (χ2n) is 3.78. The lowest BCUT2D eigenvalue weighted by Gasteiger charge is -2.18. The molecule has 0 aromatic heterocycles. The number of rotatable bonds is 7. The van der Waals surface area contributed by atoms with Gasteiger partial charge in [0, 0.05) is 17.3 Å². The van der Waals surface area contributed by atoms with E-state index in [4.69, 9.17) is 15.4 Å². The molecule has 0 rings (SSSR count). The van der Waals surface area contributed by atoms with Crippen molar-refractivity contribution in [3.8, 4) is 0 Å². The van der Waals surface area contributed by atoms with E-state index in [0.717, 1.165) is 6.42 Å². The van der Waals surface area contributed by atoms with E-state index >= 15 is 0 Å². The number of hydrogen-bond donors (Lipinski definition) is 0. The molecule has 5 heteroatoms. The molecule has 3 nitrogen and oxygen atoms in total. The molecule has 0 aliphatic heterocycles. The lowest BCUT2D eigenvalue weighted by Crippen LogP contribution is -2.23. The van der Waals surface area contributed by atoms with Crippen molar-refractivity contribution in [1.29, 1.82) is 0 Å². The van der Waals surface area contributed by atoms with Gasteiger partial charge in [0.1, 0.15) is 0 Å². The summed E-state index contributed by atoms with van der Waals surface area (Å²) in [6.07, 6.45) is 0.943. The van der Waals surface area contributed by atoms with Crippen molar-refractivity contribution < 1.29 is 13.2 Å². The molecule has 0 spiro atoms. The molecular weight excluding hydrogens is 224 g/mol. The highest BCUT2D eigenvalue weighted by molar-refractivity contribution is 8.13. The maximum Gasteiger partial charge on any atom is 0.232 e. The monoisotopic (exact) mass is 242 g/mol. The van der Waals surface area contributed by atoms with Gasteiger partial charge < -0.3 is 4.74 Å². The molecule has 0 radical (unpaired) electrons. The van der Waals surface area contributed by atoms with Crippen LogP contribution >= 0.6 is 10.7 Å². The zero-order valence-electron chi connectivity index (χ0n) is 8.99. The average Bonchev–Trinajstić information content (AvgIpc) is 2.00. The Morgan fingerprint density at radius 2 is 1.93 bits per heavy atom. The molecule has 14 heavy (non-hydrogen) atoms. The highest BCUT2D eigenvalue weighted by Gasteiger charge is 2.20. The highest BCUT2D eigenvalue weighted by Crippen LogP contribution is 2.16. The number of halogens is 1. The standard InChI is InChI=1S/C9H19ClO3S/c1-4-5-13-6-9(8(2)3)7-14(10,11)12/h8-9H,4-7H2,1-3H3. The molecule has 1 atom stereocenters. The zero-order chi connectivity index (χ0) is 11.2. The third-order valence-corrected chi connectivity index (χ3v) is 3.24. The third-order valence-electron chi connectivity index (χ3n) is 2.04. The fourth-order valence-electron chi connectivity index (χ4n) is 1.07. The summed E-state index contributed by atoms with van der Waals surface area (Å²) in [5.41, 5.74) is 0. The lowest BCUT2D eigenvalue weighted by molar-refractivity contribution is 0.0914. The van der Waals surface area contributed by atoms with Gasteiger partial charge in [-0.2, -0.15) is 0 Å². The Hall–Kier alpha value is 0.200. The van der Waals surface area contributed by atoms with E-state index in [2.05, 4.69) is 0 Å². The first-order valence-electron chi connectivity index (χ1n) is 4.87. The second-order valence-corrected chi connectivity index (χ2v) is 6.61. The average molecular weight is 243 g/mol. The van der Waals surface area contributed by atoms with E-state index in [0.29, 0.717) is 13.2 Å². The first kappa shape index (κ1) is 14.2. The Labute approximate surface area is 91.2 Å². The molecule has 0 aliphatic rings. The molecule has 0 saturated heterocycles. The summed E-state index contributed by atoms with van der Waals surface area (Å²) in [4.78, 5) is 0. The summed E-state index contributed by atoms with van der Waals surface area (Å²) >= 11 is 0. The van der Waals surface area contributed by atoms with Crippen LogP contribution < -0.4 is 0 Å². The maximum absolute atomic E-state index is 10.9. The van der Waals surface area contributed by atoms with Gasteiger partial charge in [-0.15, -0.1) is 0 Å². The van der Waals surface area contributed by atoms with Gasteiger partial charge in [-0.1, -0.05) is 20.8 Å². The summed E-state index contributed by atoms with van der Waals surface area (Å²) < 4.78 is 27.1. The first-order valence-corrected chi connectivity index (χ1v) is 7.34. The Morgan fingerprint density at radius 3 is 2.29 bits per heavy atom. The van der Waals surface area contributed by atoms with E-state index in [9.17, 15) is 8.42 Å². The summed E-state index contributed by atoms with van der Waals surface area (Å²) in [5, 5.41) is 0. The van der Waals surface area contributed by atoms with E-state index in [-0.39, 0.29) is 17.6 Å². The topological polar surface area (TPSA) is 43.4 Å². The number of ether oxygens (including phenoxy) is 1. The van der Waals surface area contributed by atoms with Crippen LogP contribution in [0.15, 0.2) is 0 Å². The zero-order valence-corrected chi connectivity index (χ0v) is 10.6. The smallest absolute Gasteiger partial charge is 0.232 e. The summed E-state index contributed by atoms with van der Waals surface area (Å²) in [6, 6.07) is 0. The molecule has 0 aliphatic carbocycles. The van der Waals surface area contributed by atoms with Crippen molar-refractivity contribution in [3.63, 3.8) is 0 Å². The van der Waals surface area contributed by atoms with Gasteiger partial charge in [0.05, 0.1) is 12.4 Å². The van der Waals surface area contributed by atoms with Gasteiger partial charge in [0.25, 0.3) is 0 Å². The van der Waals surface area contributed by atoms with Gasteiger partial charge in [0.15, 0.2) is 0 Å². The molecular formula is C9H19ClO3S. The second kappa shape index (κ2) is 6.64.